The number of halogens is 1. The Labute approximate surface area is 110 Å². The van der Waals surface area contributed by atoms with Crippen molar-refractivity contribution in [3.63, 3.8) is 0 Å². The Morgan fingerprint density at radius 1 is 1.17 bits per heavy atom. The summed E-state index contributed by atoms with van der Waals surface area (Å²) in [5, 5.41) is 0.400. The maximum atomic E-state index is 13.8. The van der Waals surface area contributed by atoms with Gasteiger partial charge >= 0.3 is 0 Å². The van der Waals surface area contributed by atoms with Crippen LogP contribution in [0, 0.1) is 5.82 Å². The first-order chi connectivity index (χ1) is 8.68. The van der Waals surface area contributed by atoms with Gasteiger partial charge in [-0.05, 0) is 19.1 Å². The average molecular weight is 263 g/mol. The zero-order valence-electron chi connectivity index (χ0n) is 9.95. The van der Waals surface area contributed by atoms with E-state index in [-0.39, 0.29) is 17.1 Å². The van der Waals surface area contributed by atoms with Crippen molar-refractivity contribution in [2.75, 3.05) is 0 Å². The smallest absolute Gasteiger partial charge is 0.188 e. The van der Waals surface area contributed by atoms with Gasteiger partial charge in [-0.3, -0.25) is 0 Å². The summed E-state index contributed by atoms with van der Waals surface area (Å²) in [4.78, 5) is 8.26. The molecule has 1 aromatic heterocycles. The van der Waals surface area contributed by atoms with Crippen LogP contribution in [-0.2, 0) is 0 Å². The number of rotatable bonds is 4. The fraction of sp³-hybridized carbons (Fsp3) is 0.231. The molecule has 0 saturated carbocycles. The van der Waals surface area contributed by atoms with Crippen LogP contribution < -0.4 is 5.73 Å². The van der Waals surface area contributed by atoms with Gasteiger partial charge < -0.3 is 5.73 Å². The molecule has 0 fully saturated rings. The van der Waals surface area contributed by atoms with Crippen LogP contribution in [-0.4, -0.2) is 16.0 Å². The third-order valence-corrected chi connectivity index (χ3v) is 3.82. The van der Waals surface area contributed by atoms with Crippen molar-refractivity contribution >= 4 is 11.8 Å². The van der Waals surface area contributed by atoms with Crippen molar-refractivity contribution in [2.24, 2.45) is 5.73 Å². The first kappa shape index (κ1) is 13.0. The fourth-order valence-electron chi connectivity index (χ4n) is 1.62. The minimum atomic E-state index is -0.247. The number of nitrogens with zero attached hydrogens (tertiary/aromatic N) is 2. The summed E-state index contributed by atoms with van der Waals surface area (Å²) in [5.41, 5.74) is 6.53. The molecule has 0 spiro atoms. The molecule has 94 valence electrons. The predicted octanol–water partition coefficient (Wildman–Crippen LogP) is 2.80. The second-order valence-corrected chi connectivity index (χ2v) is 5.06. The molecule has 0 aliphatic heterocycles. The zero-order chi connectivity index (χ0) is 13.0. The van der Waals surface area contributed by atoms with Gasteiger partial charge in [-0.15, -0.1) is 0 Å². The molecule has 1 heterocycles. The summed E-state index contributed by atoms with van der Waals surface area (Å²) in [6.45, 7) is 1.85. The molecule has 2 unspecified atom stereocenters. The van der Waals surface area contributed by atoms with Crippen molar-refractivity contribution in [1.82, 2.24) is 9.97 Å². The summed E-state index contributed by atoms with van der Waals surface area (Å²) in [7, 11) is 0. The van der Waals surface area contributed by atoms with E-state index in [9.17, 15) is 4.39 Å². The molecule has 5 heteroatoms. The summed E-state index contributed by atoms with van der Waals surface area (Å²) >= 11 is 1.38. The minimum absolute atomic E-state index is 0.198. The molecule has 2 rings (SSSR count). The van der Waals surface area contributed by atoms with Crippen LogP contribution in [0.25, 0.3) is 0 Å². The number of nitrogens with two attached hydrogens (primary N) is 1. The lowest BCUT2D eigenvalue weighted by Crippen LogP contribution is -2.23. The standard InChI is InChI=1S/C13H14FN3S/c1-9(15)12(10-5-2-3-6-11(10)14)18-13-16-7-4-8-17-13/h2-9,12H,15H2,1H3. The van der Waals surface area contributed by atoms with E-state index in [0.717, 1.165) is 0 Å². The van der Waals surface area contributed by atoms with Crippen LogP contribution in [0.2, 0.25) is 0 Å². The Hall–Kier alpha value is -1.46. The maximum absolute atomic E-state index is 13.8. The largest absolute Gasteiger partial charge is 0.327 e. The molecule has 0 bridgehead atoms. The number of benzene rings is 1. The highest BCUT2D eigenvalue weighted by Crippen LogP contribution is 2.36. The van der Waals surface area contributed by atoms with E-state index in [0.29, 0.717) is 10.7 Å². The van der Waals surface area contributed by atoms with Crippen LogP contribution >= 0.6 is 11.8 Å². The van der Waals surface area contributed by atoms with Gasteiger partial charge in [-0.1, -0.05) is 30.0 Å². The lowest BCUT2D eigenvalue weighted by atomic mass is 10.1. The molecular formula is C13H14FN3S. The molecule has 18 heavy (non-hydrogen) atoms. The van der Waals surface area contributed by atoms with E-state index in [2.05, 4.69) is 9.97 Å². The number of hydrogen-bond donors (Lipinski definition) is 1. The minimum Gasteiger partial charge on any atom is -0.327 e. The molecule has 0 aliphatic carbocycles. The highest BCUT2D eigenvalue weighted by Gasteiger charge is 2.21. The monoisotopic (exact) mass is 263 g/mol. The van der Waals surface area contributed by atoms with E-state index >= 15 is 0 Å². The predicted molar refractivity (Wildman–Crippen MR) is 70.7 cm³/mol. The lowest BCUT2D eigenvalue weighted by molar-refractivity contribution is 0.592. The van der Waals surface area contributed by atoms with Gasteiger partial charge in [0, 0.05) is 24.0 Å². The maximum Gasteiger partial charge on any atom is 0.188 e. The topological polar surface area (TPSA) is 51.8 Å². The fourth-order valence-corrected chi connectivity index (χ4v) is 2.62. The highest BCUT2D eigenvalue weighted by molar-refractivity contribution is 7.99. The first-order valence-corrected chi connectivity index (χ1v) is 6.50. The van der Waals surface area contributed by atoms with E-state index in [1.165, 1.54) is 17.8 Å². The van der Waals surface area contributed by atoms with Gasteiger partial charge in [0.2, 0.25) is 0 Å². The second-order valence-electron chi connectivity index (χ2n) is 3.95. The summed E-state index contributed by atoms with van der Waals surface area (Å²) in [5.74, 6) is -0.247. The van der Waals surface area contributed by atoms with Crippen molar-refractivity contribution in [3.8, 4) is 0 Å². The van der Waals surface area contributed by atoms with Crippen LogP contribution in [0.1, 0.15) is 17.7 Å². The lowest BCUT2D eigenvalue weighted by Gasteiger charge is -2.20. The molecule has 0 amide bonds. The van der Waals surface area contributed by atoms with E-state index in [4.69, 9.17) is 5.73 Å². The molecule has 0 radical (unpaired) electrons. The van der Waals surface area contributed by atoms with Crippen LogP contribution in [0.5, 0.6) is 0 Å². The van der Waals surface area contributed by atoms with Crippen LogP contribution in [0.15, 0.2) is 47.9 Å². The molecule has 2 aromatic rings. The summed E-state index contributed by atoms with van der Waals surface area (Å²) in [6.07, 6.45) is 3.32. The van der Waals surface area contributed by atoms with Crippen LogP contribution in [0.4, 0.5) is 4.39 Å². The SMILES string of the molecule is CC(N)C(Sc1ncccn1)c1ccccc1F. The second kappa shape index (κ2) is 5.93. The average Bonchev–Trinajstić information content (AvgIpc) is 2.38. The van der Waals surface area contributed by atoms with Gasteiger partial charge in [0.15, 0.2) is 5.16 Å². The Morgan fingerprint density at radius 2 is 1.83 bits per heavy atom. The third-order valence-electron chi connectivity index (χ3n) is 2.46. The summed E-state index contributed by atoms with van der Waals surface area (Å²) in [6, 6.07) is 8.21. The molecule has 2 atom stereocenters. The quantitative estimate of drug-likeness (QED) is 0.680. The van der Waals surface area contributed by atoms with E-state index in [1.807, 2.05) is 6.92 Å². The molecule has 0 saturated heterocycles. The van der Waals surface area contributed by atoms with Gasteiger partial charge in [-0.25, -0.2) is 14.4 Å². The van der Waals surface area contributed by atoms with Crippen molar-refractivity contribution in [1.29, 1.82) is 0 Å². The van der Waals surface area contributed by atoms with Crippen molar-refractivity contribution < 1.29 is 4.39 Å². The number of hydrogen-bond acceptors (Lipinski definition) is 4. The Bertz CT molecular complexity index is 505. The Kier molecular flexibility index (Phi) is 4.28. The van der Waals surface area contributed by atoms with Gasteiger partial charge in [0.05, 0.1) is 5.25 Å². The summed E-state index contributed by atoms with van der Waals surface area (Å²) < 4.78 is 13.8. The normalized spacial score (nSPS) is 14.2. The number of aromatic nitrogens is 2. The highest BCUT2D eigenvalue weighted by atomic mass is 32.2. The van der Waals surface area contributed by atoms with Crippen LogP contribution in [0.3, 0.4) is 0 Å². The molecule has 0 aliphatic rings. The van der Waals surface area contributed by atoms with Gasteiger partial charge in [0.25, 0.3) is 0 Å². The molecular weight excluding hydrogens is 249 g/mol. The van der Waals surface area contributed by atoms with Crippen molar-refractivity contribution in [3.05, 3.63) is 54.1 Å². The van der Waals surface area contributed by atoms with Gasteiger partial charge in [-0.2, -0.15) is 0 Å². The Morgan fingerprint density at radius 3 is 2.44 bits per heavy atom. The van der Waals surface area contributed by atoms with E-state index in [1.54, 1.807) is 36.7 Å². The molecule has 2 N–H and O–H groups in total. The molecule has 1 aromatic carbocycles. The van der Waals surface area contributed by atoms with Crippen molar-refractivity contribution in [2.45, 2.75) is 23.4 Å². The Balaban J connectivity index is 2.27. The van der Waals surface area contributed by atoms with E-state index < -0.39 is 0 Å². The number of thioether (sulfide) groups is 1. The third kappa shape index (κ3) is 3.05. The first-order valence-electron chi connectivity index (χ1n) is 5.62. The zero-order valence-corrected chi connectivity index (χ0v) is 10.8. The van der Waals surface area contributed by atoms with Gasteiger partial charge in [0.1, 0.15) is 5.82 Å². The molecule has 3 nitrogen and oxygen atoms in total.